The molecule has 0 aromatic heterocycles. The molecular weight excluding hydrogens is 518 g/mol. The SMILES string of the molecule is CCNC(=O)[C@@H](CC)N(Cc1ccc(OC)cc1)C(=O)CN(c1ccccc1)S(=O)(=O)c1ccc(OC)cc1. The van der Waals surface area contributed by atoms with Crippen molar-refractivity contribution in [3.05, 3.63) is 84.4 Å². The second kappa shape index (κ2) is 13.7. The first kappa shape index (κ1) is 29.5. The fraction of sp³-hybridized carbons (Fsp3) is 0.310. The summed E-state index contributed by atoms with van der Waals surface area (Å²) >= 11 is 0. The van der Waals surface area contributed by atoms with Crippen molar-refractivity contribution in [1.82, 2.24) is 10.2 Å². The van der Waals surface area contributed by atoms with Crippen LogP contribution in [0.15, 0.2) is 83.8 Å². The predicted molar refractivity (Wildman–Crippen MR) is 150 cm³/mol. The van der Waals surface area contributed by atoms with Gasteiger partial charge in [0.05, 0.1) is 24.8 Å². The third-order valence-electron chi connectivity index (χ3n) is 6.22. The number of nitrogens with zero attached hydrogens (tertiary/aromatic N) is 2. The monoisotopic (exact) mass is 553 g/mol. The molecule has 1 N–H and O–H groups in total. The Bertz CT molecular complexity index is 1330. The lowest BCUT2D eigenvalue weighted by Crippen LogP contribution is -2.52. The van der Waals surface area contributed by atoms with Gasteiger partial charge in [-0.2, -0.15) is 0 Å². The van der Waals surface area contributed by atoms with Gasteiger partial charge in [0.25, 0.3) is 10.0 Å². The summed E-state index contributed by atoms with van der Waals surface area (Å²) in [7, 11) is -1.08. The molecule has 2 amide bonds. The van der Waals surface area contributed by atoms with Crippen LogP contribution in [0.1, 0.15) is 25.8 Å². The molecule has 0 aliphatic carbocycles. The number of rotatable bonds is 13. The molecule has 0 saturated heterocycles. The smallest absolute Gasteiger partial charge is 0.264 e. The quantitative estimate of drug-likeness (QED) is 0.345. The second-order valence-corrected chi connectivity index (χ2v) is 10.6. The summed E-state index contributed by atoms with van der Waals surface area (Å²) in [4.78, 5) is 28.4. The minimum atomic E-state index is -4.14. The highest BCUT2D eigenvalue weighted by atomic mass is 32.2. The van der Waals surface area contributed by atoms with Gasteiger partial charge in [-0.05, 0) is 67.4 Å². The van der Waals surface area contributed by atoms with Crippen LogP contribution in [0, 0.1) is 0 Å². The van der Waals surface area contributed by atoms with Crippen LogP contribution in [0.4, 0.5) is 5.69 Å². The van der Waals surface area contributed by atoms with Gasteiger partial charge in [0.2, 0.25) is 11.8 Å². The molecule has 0 bridgehead atoms. The molecule has 39 heavy (non-hydrogen) atoms. The molecule has 3 aromatic carbocycles. The van der Waals surface area contributed by atoms with Crippen LogP contribution in [-0.2, 0) is 26.2 Å². The van der Waals surface area contributed by atoms with Crippen LogP contribution in [-0.4, -0.2) is 58.5 Å². The van der Waals surface area contributed by atoms with Crippen molar-refractivity contribution in [2.75, 3.05) is 31.6 Å². The van der Waals surface area contributed by atoms with Crippen LogP contribution in [0.25, 0.3) is 0 Å². The highest BCUT2D eigenvalue weighted by Crippen LogP contribution is 2.26. The van der Waals surface area contributed by atoms with E-state index in [9.17, 15) is 18.0 Å². The summed E-state index contributed by atoms with van der Waals surface area (Å²) in [6.07, 6.45) is 0.351. The zero-order valence-corrected chi connectivity index (χ0v) is 23.5. The number of methoxy groups -OCH3 is 2. The summed E-state index contributed by atoms with van der Waals surface area (Å²) in [5.74, 6) is 0.360. The van der Waals surface area contributed by atoms with Gasteiger partial charge in [0.15, 0.2) is 0 Å². The van der Waals surface area contributed by atoms with E-state index in [0.29, 0.717) is 30.2 Å². The first-order valence-corrected chi connectivity index (χ1v) is 14.1. The summed E-state index contributed by atoms with van der Waals surface area (Å²) in [5.41, 5.74) is 1.10. The summed E-state index contributed by atoms with van der Waals surface area (Å²) < 4.78 is 39.1. The molecule has 0 spiro atoms. The number of sulfonamides is 1. The molecule has 0 radical (unpaired) electrons. The maximum absolute atomic E-state index is 13.9. The van der Waals surface area contributed by atoms with E-state index >= 15 is 0 Å². The standard InChI is InChI=1S/C29H35N3O6S/c1-5-27(29(34)30-6-2)31(20-22-12-14-24(37-3)15-13-22)28(33)21-32(23-10-8-7-9-11-23)39(35,36)26-18-16-25(38-4)17-19-26/h7-19,27H,5-6,20-21H2,1-4H3,(H,30,34)/t27-/m1/s1. The molecule has 208 valence electrons. The molecule has 3 aromatic rings. The molecule has 0 aliphatic heterocycles. The van der Waals surface area contributed by atoms with Crippen molar-refractivity contribution in [1.29, 1.82) is 0 Å². The first-order chi connectivity index (χ1) is 18.7. The lowest BCUT2D eigenvalue weighted by Gasteiger charge is -2.33. The Kier molecular flexibility index (Phi) is 10.3. The Balaban J connectivity index is 2.02. The Morgan fingerprint density at radius 1 is 0.846 bits per heavy atom. The maximum Gasteiger partial charge on any atom is 0.264 e. The van der Waals surface area contributed by atoms with Crippen molar-refractivity contribution in [2.24, 2.45) is 0 Å². The maximum atomic E-state index is 13.9. The van der Waals surface area contributed by atoms with Crippen LogP contribution < -0.4 is 19.1 Å². The van der Waals surface area contributed by atoms with Crippen LogP contribution in [0.5, 0.6) is 11.5 Å². The van der Waals surface area contributed by atoms with Gasteiger partial charge in [-0.15, -0.1) is 0 Å². The highest BCUT2D eigenvalue weighted by Gasteiger charge is 2.33. The minimum absolute atomic E-state index is 0.0115. The number of amides is 2. The topological polar surface area (TPSA) is 105 Å². The normalized spacial score (nSPS) is 11.8. The number of hydrogen-bond acceptors (Lipinski definition) is 6. The zero-order valence-electron chi connectivity index (χ0n) is 22.7. The van der Waals surface area contributed by atoms with Crippen molar-refractivity contribution < 1.29 is 27.5 Å². The van der Waals surface area contributed by atoms with Crippen LogP contribution in [0.3, 0.4) is 0 Å². The van der Waals surface area contributed by atoms with E-state index in [-0.39, 0.29) is 17.3 Å². The molecule has 10 heteroatoms. The van der Waals surface area contributed by atoms with E-state index in [1.54, 1.807) is 68.6 Å². The molecule has 0 saturated carbocycles. The van der Waals surface area contributed by atoms with Gasteiger partial charge < -0.3 is 19.7 Å². The Labute approximate surface area is 230 Å². The number of para-hydroxylation sites is 1. The number of benzene rings is 3. The van der Waals surface area contributed by atoms with E-state index < -0.39 is 28.5 Å². The van der Waals surface area contributed by atoms with Crippen molar-refractivity contribution in [2.45, 2.75) is 37.8 Å². The van der Waals surface area contributed by atoms with E-state index in [1.807, 2.05) is 19.1 Å². The van der Waals surface area contributed by atoms with Gasteiger partial charge in [-0.1, -0.05) is 37.3 Å². The average molecular weight is 554 g/mol. The molecule has 0 fully saturated rings. The Morgan fingerprint density at radius 2 is 1.41 bits per heavy atom. The summed E-state index contributed by atoms with van der Waals surface area (Å²) in [5, 5.41) is 2.79. The molecule has 0 heterocycles. The molecular formula is C29H35N3O6S. The van der Waals surface area contributed by atoms with E-state index in [4.69, 9.17) is 9.47 Å². The number of ether oxygens (including phenoxy) is 2. The van der Waals surface area contributed by atoms with Crippen molar-refractivity contribution in [3.63, 3.8) is 0 Å². The van der Waals surface area contributed by atoms with Crippen LogP contribution >= 0.6 is 0 Å². The fourth-order valence-electron chi connectivity index (χ4n) is 4.14. The number of anilines is 1. The Morgan fingerprint density at radius 3 is 1.92 bits per heavy atom. The van der Waals surface area contributed by atoms with Gasteiger partial charge in [-0.25, -0.2) is 8.42 Å². The van der Waals surface area contributed by atoms with Gasteiger partial charge in [0, 0.05) is 13.1 Å². The van der Waals surface area contributed by atoms with E-state index in [2.05, 4.69) is 5.32 Å². The highest BCUT2D eigenvalue weighted by molar-refractivity contribution is 7.92. The molecule has 3 rings (SSSR count). The third kappa shape index (κ3) is 7.29. The van der Waals surface area contributed by atoms with Gasteiger partial charge in [0.1, 0.15) is 24.1 Å². The lowest BCUT2D eigenvalue weighted by atomic mass is 10.1. The van der Waals surface area contributed by atoms with Gasteiger partial charge in [-0.3, -0.25) is 13.9 Å². The van der Waals surface area contributed by atoms with E-state index in [0.717, 1.165) is 9.87 Å². The first-order valence-electron chi connectivity index (χ1n) is 12.7. The third-order valence-corrected chi connectivity index (χ3v) is 8.01. The predicted octanol–water partition coefficient (Wildman–Crippen LogP) is 3.84. The second-order valence-electron chi connectivity index (χ2n) is 8.71. The summed E-state index contributed by atoms with van der Waals surface area (Å²) in [6, 6.07) is 20.8. The fourth-order valence-corrected chi connectivity index (χ4v) is 5.55. The molecule has 0 unspecified atom stereocenters. The average Bonchev–Trinajstić information content (AvgIpc) is 2.96. The van der Waals surface area contributed by atoms with Crippen molar-refractivity contribution in [3.8, 4) is 11.5 Å². The number of carbonyl (C=O) groups excluding carboxylic acids is 2. The number of hydrogen-bond donors (Lipinski definition) is 1. The zero-order chi connectivity index (χ0) is 28.4. The summed E-state index contributed by atoms with van der Waals surface area (Å²) in [6.45, 7) is 3.64. The number of likely N-dealkylation sites (N-methyl/N-ethyl adjacent to an activating group) is 1. The minimum Gasteiger partial charge on any atom is -0.497 e. The molecule has 0 aliphatic rings. The lowest BCUT2D eigenvalue weighted by molar-refractivity contribution is -0.140. The largest absolute Gasteiger partial charge is 0.497 e. The number of nitrogens with one attached hydrogen (secondary N) is 1. The van der Waals surface area contributed by atoms with Gasteiger partial charge >= 0.3 is 0 Å². The Hall–Kier alpha value is -4.05. The number of carbonyl (C=O) groups is 2. The molecule has 9 nitrogen and oxygen atoms in total. The van der Waals surface area contributed by atoms with Crippen molar-refractivity contribution >= 4 is 27.5 Å². The van der Waals surface area contributed by atoms with Crippen LogP contribution in [0.2, 0.25) is 0 Å². The molecule has 1 atom stereocenters. The van der Waals surface area contributed by atoms with E-state index in [1.165, 1.54) is 24.1 Å².